The fourth-order valence-corrected chi connectivity index (χ4v) is 2.42. The standard InChI is InChI=1S/C19H16N4O4/c24-17(23-20-11-12-5-7-13(8-6-12)19(26)27)10-9-16-18(25)22-15-4-2-1-3-14(15)21-16/h1-8,11H,9-10H2,(H,22,25)(H,23,24)(H,26,27)/b20-11+. The van der Waals surface area contributed by atoms with E-state index in [4.69, 9.17) is 5.11 Å². The van der Waals surface area contributed by atoms with E-state index in [1.165, 1.54) is 18.3 Å². The monoisotopic (exact) mass is 364 g/mol. The number of aromatic amines is 1. The van der Waals surface area contributed by atoms with Gasteiger partial charge in [-0.15, -0.1) is 0 Å². The molecule has 2 aromatic carbocycles. The Morgan fingerprint density at radius 3 is 2.63 bits per heavy atom. The molecule has 27 heavy (non-hydrogen) atoms. The van der Waals surface area contributed by atoms with Crippen molar-refractivity contribution < 1.29 is 14.7 Å². The first-order valence-electron chi connectivity index (χ1n) is 8.16. The predicted molar refractivity (Wildman–Crippen MR) is 99.8 cm³/mol. The molecule has 0 aliphatic carbocycles. The van der Waals surface area contributed by atoms with Crippen molar-refractivity contribution in [3.05, 3.63) is 75.7 Å². The van der Waals surface area contributed by atoms with Crippen molar-refractivity contribution in [1.29, 1.82) is 0 Å². The summed E-state index contributed by atoms with van der Waals surface area (Å²) in [6, 6.07) is 13.2. The van der Waals surface area contributed by atoms with Crippen LogP contribution in [-0.2, 0) is 11.2 Å². The van der Waals surface area contributed by atoms with E-state index >= 15 is 0 Å². The Hall–Kier alpha value is -3.81. The zero-order chi connectivity index (χ0) is 19.2. The van der Waals surface area contributed by atoms with E-state index in [1.807, 2.05) is 6.07 Å². The molecule has 0 spiro atoms. The van der Waals surface area contributed by atoms with Crippen molar-refractivity contribution in [2.45, 2.75) is 12.8 Å². The van der Waals surface area contributed by atoms with Crippen molar-refractivity contribution in [3.8, 4) is 0 Å². The molecule has 136 valence electrons. The van der Waals surface area contributed by atoms with Gasteiger partial charge in [-0.2, -0.15) is 5.10 Å². The molecule has 8 nitrogen and oxygen atoms in total. The van der Waals surface area contributed by atoms with Crippen molar-refractivity contribution in [2.75, 3.05) is 0 Å². The highest BCUT2D eigenvalue weighted by Gasteiger charge is 2.07. The highest BCUT2D eigenvalue weighted by molar-refractivity contribution is 5.89. The summed E-state index contributed by atoms with van der Waals surface area (Å²) < 4.78 is 0. The number of hydrogen-bond donors (Lipinski definition) is 3. The smallest absolute Gasteiger partial charge is 0.335 e. The van der Waals surface area contributed by atoms with E-state index in [-0.39, 0.29) is 35.6 Å². The first-order chi connectivity index (χ1) is 13.0. The number of H-pyrrole nitrogens is 1. The van der Waals surface area contributed by atoms with Crippen LogP contribution in [0.3, 0.4) is 0 Å². The highest BCUT2D eigenvalue weighted by atomic mass is 16.4. The van der Waals surface area contributed by atoms with Gasteiger partial charge >= 0.3 is 5.97 Å². The Morgan fingerprint density at radius 1 is 1.15 bits per heavy atom. The molecule has 3 rings (SSSR count). The number of para-hydroxylation sites is 2. The summed E-state index contributed by atoms with van der Waals surface area (Å²) in [5.41, 5.74) is 4.47. The van der Waals surface area contributed by atoms with Gasteiger partial charge in [0.25, 0.3) is 5.56 Å². The maximum Gasteiger partial charge on any atom is 0.335 e. The SMILES string of the molecule is O=C(CCc1nc2ccccc2[nH]c1=O)N/N=C/c1ccc(C(=O)O)cc1. The van der Waals surface area contributed by atoms with Crippen molar-refractivity contribution in [1.82, 2.24) is 15.4 Å². The van der Waals surface area contributed by atoms with Crippen molar-refractivity contribution in [2.24, 2.45) is 5.10 Å². The number of nitrogens with zero attached hydrogens (tertiary/aromatic N) is 2. The largest absolute Gasteiger partial charge is 0.478 e. The lowest BCUT2D eigenvalue weighted by molar-refractivity contribution is -0.121. The molecule has 0 radical (unpaired) electrons. The van der Waals surface area contributed by atoms with Gasteiger partial charge in [-0.05, 0) is 29.8 Å². The second-order valence-electron chi connectivity index (χ2n) is 5.75. The number of nitrogens with one attached hydrogen (secondary N) is 2. The molecular weight excluding hydrogens is 348 g/mol. The van der Waals surface area contributed by atoms with Crippen LogP contribution in [0.4, 0.5) is 0 Å². The average Bonchev–Trinajstić information content (AvgIpc) is 2.66. The molecule has 0 bridgehead atoms. The second-order valence-corrected chi connectivity index (χ2v) is 5.75. The molecule has 3 aromatic rings. The molecule has 0 unspecified atom stereocenters. The van der Waals surface area contributed by atoms with E-state index in [1.54, 1.807) is 30.3 Å². The minimum absolute atomic E-state index is 0.0592. The molecule has 0 aliphatic heterocycles. The molecule has 0 aliphatic rings. The van der Waals surface area contributed by atoms with Gasteiger partial charge in [0, 0.05) is 12.8 Å². The zero-order valence-electron chi connectivity index (χ0n) is 14.2. The maximum absolute atomic E-state index is 12.0. The average molecular weight is 364 g/mol. The molecule has 0 saturated heterocycles. The number of amides is 1. The van der Waals surface area contributed by atoms with Crippen molar-refractivity contribution >= 4 is 29.1 Å². The minimum Gasteiger partial charge on any atom is -0.478 e. The lowest BCUT2D eigenvalue weighted by atomic mass is 10.1. The molecule has 0 atom stereocenters. The predicted octanol–water partition coefficient (Wildman–Crippen LogP) is 1.70. The molecule has 8 heteroatoms. The third-order valence-corrected chi connectivity index (χ3v) is 3.82. The third-order valence-electron chi connectivity index (χ3n) is 3.82. The number of carboxylic acid groups (broad SMARTS) is 1. The zero-order valence-corrected chi connectivity index (χ0v) is 14.2. The van der Waals surface area contributed by atoms with Gasteiger partial charge < -0.3 is 10.1 Å². The number of rotatable bonds is 6. The number of carbonyl (C=O) groups excluding carboxylic acids is 1. The van der Waals surface area contributed by atoms with E-state index in [2.05, 4.69) is 20.5 Å². The summed E-state index contributed by atoms with van der Waals surface area (Å²) >= 11 is 0. The quantitative estimate of drug-likeness (QED) is 0.454. The Morgan fingerprint density at radius 2 is 1.89 bits per heavy atom. The Balaban J connectivity index is 1.56. The normalized spacial score (nSPS) is 11.0. The van der Waals surface area contributed by atoms with Crippen LogP contribution in [-0.4, -0.2) is 33.2 Å². The second kappa shape index (κ2) is 8.05. The van der Waals surface area contributed by atoms with Gasteiger partial charge in [-0.1, -0.05) is 24.3 Å². The lowest BCUT2D eigenvalue weighted by Gasteiger charge is -2.02. The van der Waals surface area contributed by atoms with Crippen LogP contribution >= 0.6 is 0 Å². The van der Waals surface area contributed by atoms with Gasteiger partial charge in [-0.3, -0.25) is 9.59 Å². The van der Waals surface area contributed by atoms with Gasteiger partial charge in [0.15, 0.2) is 0 Å². The van der Waals surface area contributed by atoms with Crippen LogP contribution < -0.4 is 11.0 Å². The molecule has 3 N–H and O–H groups in total. The molecule has 0 saturated carbocycles. The fourth-order valence-electron chi connectivity index (χ4n) is 2.42. The first-order valence-corrected chi connectivity index (χ1v) is 8.16. The van der Waals surface area contributed by atoms with E-state index in [9.17, 15) is 14.4 Å². The number of aromatic nitrogens is 2. The van der Waals surface area contributed by atoms with Crippen molar-refractivity contribution in [3.63, 3.8) is 0 Å². The van der Waals surface area contributed by atoms with E-state index < -0.39 is 5.97 Å². The summed E-state index contributed by atoms with van der Waals surface area (Å²) in [4.78, 5) is 41.7. The highest BCUT2D eigenvalue weighted by Crippen LogP contribution is 2.07. The third kappa shape index (κ3) is 4.63. The van der Waals surface area contributed by atoms with Crippen LogP contribution in [0.2, 0.25) is 0 Å². The van der Waals surface area contributed by atoms with E-state index in [0.29, 0.717) is 16.6 Å². The van der Waals surface area contributed by atoms with Crippen LogP contribution in [0.1, 0.15) is 28.0 Å². The number of hydrazone groups is 1. The Bertz CT molecular complexity index is 1070. The number of fused-ring (bicyclic) bond motifs is 1. The summed E-state index contributed by atoms with van der Waals surface area (Å²) in [7, 11) is 0. The number of hydrogen-bond acceptors (Lipinski definition) is 5. The molecular formula is C19H16N4O4. The lowest BCUT2D eigenvalue weighted by Crippen LogP contribution is -2.21. The number of benzene rings is 2. The summed E-state index contributed by atoms with van der Waals surface area (Å²) in [6.45, 7) is 0. The number of aromatic carboxylic acids is 1. The molecule has 1 amide bonds. The Labute approximate surface area is 153 Å². The van der Waals surface area contributed by atoms with Crippen LogP contribution in [0.15, 0.2) is 58.4 Å². The van der Waals surface area contributed by atoms with Crippen LogP contribution in [0.5, 0.6) is 0 Å². The van der Waals surface area contributed by atoms with E-state index in [0.717, 1.165) is 0 Å². The minimum atomic E-state index is -1.01. The van der Waals surface area contributed by atoms with Gasteiger partial charge in [0.1, 0.15) is 5.69 Å². The Kier molecular flexibility index (Phi) is 5.36. The van der Waals surface area contributed by atoms with Gasteiger partial charge in [0.05, 0.1) is 22.8 Å². The van der Waals surface area contributed by atoms with Gasteiger partial charge in [-0.25, -0.2) is 15.2 Å². The van der Waals surface area contributed by atoms with Gasteiger partial charge in [0.2, 0.25) is 5.91 Å². The molecule has 1 heterocycles. The maximum atomic E-state index is 12.0. The first kappa shape index (κ1) is 18.0. The fraction of sp³-hybridized carbons (Fsp3) is 0.105. The number of aryl methyl sites for hydroxylation is 1. The number of carboxylic acids is 1. The van der Waals surface area contributed by atoms with Crippen LogP contribution in [0, 0.1) is 0 Å². The molecule has 0 fully saturated rings. The molecule has 1 aromatic heterocycles. The number of carbonyl (C=O) groups is 2. The summed E-state index contributed by atoms with van der Waals surface area (Å²) in [5, 5.41) is 12.7. The van der Waals surface area contributed by atoms with Crippen LogP contribution in [0.25, 0.3) is 11.0 Å². The topological polar surface area (TPSA) is 125 Å². The summed E-state index contributed by atoms with van der Waals surface area (Å²) in [6.07, 6.45) is 1.66. The summed E-state index contributed by atoms with van der Waals surface area (Å²) in [5.74, 6) is -1.37.